The van der Waals surface area contributed by atoms with Crippen molar-refractivity contribution in [2.45, 2.75) is 26.8 Å². The van der Waals surface area contributed by atoms with Crippen LogP contribution in [0.3, 0.4) is 0 Å². The predicted octanol–water partition coefficient (Wildman–Crippen LogP) is 4.54. The maximum absolute atomic E-state index is 3.55. The topological polar surface area (TPSA) is 15.3 Å². The van der Waals surface area contributed by atoms with Gasteiger partial charge in [-0.25, -0.2) is 0 Å². The van der Waals surface area contributed by atoms with E-state index in [0.717, 1.165) is 5.69 Å². The van der Waals surface area contributed by atoms with Gasteiger partial charge in [-0.3, -0.25) is 0 Å². The number of benzene rings is 2. The number of nitrogens with zero attached hydrogens (tertiary/aromatic N) is 1. The molecule has 0 radical (unpaired) electrons. The summed E-state index contributed by atoms with van der Waals surface area (Å²) in [5.74, 6) is 0. The highest BCUT2D eigenvalue weighted by molar-refractivity contribution is 5.55. The number of hydrogen-bond acceptors (Lipinski definition) is 2. The molecule has 2 rings (SSSR count). The van der Waals surface area contributed by atoms with Gasteiger partial charge < -0.3 is 10.2 Å². The molecule has 0 aromatic heterocycles. The van der Waals surface area contributed by atoms with Crippen molar-refractivity contribution in [1.82, 2.24) is 0 Å². The third-order valence-corrected chi connectivity index (χ3v) is 3.80. The van der Waals surface area contributed by atoms with Crippen LogP contribution in [-0.2, 0) is 0 Å². The average molecular weight is 268 g/mol. The van der Waals surface area contributed by atoms with E-state index in [0.29, 0.717) is 6.04 Å². The first kappa shape index (κ1) is 14.4. The zero-order chi connectivity index (χ0) is 14.7. The minimum atomic E-state index is 0.305. The van der Waals surface area contributed by atoms with E-state index in [1.807, 2.05) is 0 Å². The standard InChI is InChI=1S/C18H24N2/c1-13-6-7-16(12-14(13)2)15(3)19-17-8-10-18(11-9-17)20(4)5/h6-12,15,19H,1-5H3. The van der Waals surface area contributed by atoms with Crippen molar-refractivity contribution in [2.75, 3.05) is 24.3 Å². The molecule has 20 heavy (non-hydrogen) atoms. The molecular weight excluding hydrogens is 244 g/mol. The van der Waals surface area contributed by atoms with E-state index in [2.05, 4.69) is 87.5 Å². The maximum atomic E-state index is 3.55. The molecule has 106 valence electrons. The Balaban J connectivity index is 2.10. The molecule has 0 bridgehead atoms. The highest BCUT2D eigenvalue weighted by Gasteiger charge is 2.06. The van der Waals surface area contributed by atoms with Gasteiger partial charge in [-0.2, -0.15) is 0 Å². The van der Waals surface area contributed by atoms with Crippen LogP contribution in [-0.4, -0.2) is 14.1 Å². The van der Waals surface area contributed by atoms with Crippen LogP contribution >= 0.6 is 0 Å². The second-order valence-corrected chi connectivity index (χ2v) is 5.65. The number of aryl methyl sites for hydroxylation is 2. The van der Waals surface area contributed by atoms with Crippen molar-refractivity contribution < 1.29 is 0 Å². The van der Waals surface area contributed by atoms with Crippen molar-refractivity contribution in [3.05, 3.63) is 59.2 Å². The predicted molar refractivity (Wildman–Crippen MR) is 88.7 cm³/mol. The Kier molecular flexibility index (Phi) is 4.33. The Labute approximate surface area is 122 Å². The monoisotopic (exact) mass is 268 g/mol. The smallest absolute Gasteiger partial charge is 0.0485 e. The van der Waals surface area contributed by atoms with Gasteiger partial charge >= 0.3 is 0 Å². The van der Waals surface area contributed by atoms with E-state index < -0.39 is 0 Å². The van der Waals surface area contributed by atoms with Crippen LogP contribution < -0.4 is 10.2 Å². The van der Waals surface area contributed by atoms with Crippen LogP contribution in [0.4, 0.5) is 11.4 Å². The molecule has 2 nitrogen and oxygen atoms in total. The molecule has 0 saturated heterocycles. The van der Waals surface area contributed by atoms with Crippen LogP contribution in [0.5, 0.6) is 0 Å². The second-order valence-electron chi connectivity index (χ2n) is 5.65. The molecule has 0 fully saturated rings. The first-order valence-electron chi connectivity index (χ1n) is 7.08. The lowest BCUT2D eigenvalue weighted by atomic mass is 10.0. The summed E-state index contributed by atoms with van der Waals surface area (Å²) in [5, 5.41) is 3.55. The van der Waals surface area contributed by atoms with Gasteiger partial charge in [0.1, 0.15) is 0 Å². The zero-order valence-corrected chi connectivity index (χ0v) is 13.1. The third kappa shape index (κ3) is 3.32. The van der Waals surface area contributed by atoms with Crippen LogP contribution in [0.15, 0.2) is 42.5 Å². The Morgan fingerprint density at radius 3 is 2.10 bits per heavy atom. The summed E-state index contributed by atoms with van der Waals surface area (Å²) < 4.78 is 0. The maximum Gasteiger partial charge on any atom is 0.0485 e. The molecule has 2 aromatic rings. The first-order chi connectivity index (χ1) is 9.47. The van der Waals surface area contributed by atoms with Gasteiger partial charge in [0.25, 0.3) is 0 Å². The number of anilines is 2. The number of rotatable bonds is 4. The fraction of sp³-hybridized carbons (Fsp3) is 0.333. The van der Waals surface area contributed by atoms with Crippen LogP contribution in [0.2, 0.25) is 0 Å². The summed E-state index contributed by atoms with van der Waals surface area (Å²) in [4.78, 5) is 2.11. The minimum absolute atomic E-state index is 0.305. The SMILES string of the molecule is Cc1ccc(C(C)Nc2ccc(N(C)C)cc2)cc1C. The van der Waals surface area contributed by atoms with E-state index in [4.69, 9.17) is 0 Å². The highest BCUT2D eigenvalue weighted by Crippen LogP contribution is 2.23. The normalized spacial score (nSPS) is 12.1. The van der Waals surface area contributed by atoms with E-state index in [1.165, 1.54) is 22.4 Å². The molecule has 0 aliphatic heterocycles. The molecule has 0 aliphatic carbocycles. The van der Waals surface area contributed by atoms with Crippen LogP contribution in [0.1, 0.15) is 29.7 Å². The zero-order valence-electron chi connectivity index (χ0n) is 13.1. The molecule has 1 atom stereocenters. The summed E-state index contributed by atoms with van der Waals surface area (Å²) in [6.45, 7) is 6.51. The van der Waals surface area contributed by atoms with E-state index in [1.54, 1.807) is 0 Å². The van der Waals surface area contributed by atoms with Crippen LogP contribution in [0, 0.1) is 13.8 Å². The lowest BCUT2D eigenvalue weighted by Gasteiger charge is -2.18. The average Bonchev–Trinajstić information content (AvgIpc) is 2.42. The van der Waals surface area contributed by atoms with E-state index in [9.17, 15) is 0 Å². The van der Waals surface area contributed by atoms with Crippen molar-refractivity contribution in [3.8, 4) is 0 Å². The van der Waals surface area contributed by atoms with Gasteiger partial charge in [0.15, 0.2) is 0 Å². The summed E-state index contributed by atoms with van der Waals surface area (Å²) >= 11 is 0. The quantitative estimate of drug-likeness (QED) is 0.875. The van der Waals surface area contributed by atoms with E-state index in [-0.39, 0.29) is 0 Å². The minimum Gasteiger partial charge on any atom is -0.379 e. The molecule has 0 heterocycles. The Morgan fingerprint density at radius 1 is 0.900 bits per heavy atom. The lowest BCUT2D eigenvalue weighted by molar-refractivity contribution is 0.881. The van der Waals surface area contributed by atoms with Crippen molar-refractivity contribution in [3.63, 3.8) is 0 Å². The first-order valence-corrected chi connectivity index (χ1v) is 7.08. The molecule has 0 saturated carbocycles. The largest absolute Gasteiger partial charge is 0.379 e. The van der Waals surface area contributed by atoms with E-state index >= 15 is 0 Å². The van der Waals surface area contributed by atoms with Gasteiger partial charge in [0.2, 0.25) is 0 Å². The molecular formula is C18H24N2. The van der Waals surface area contributed by atoms with Gasteiger partial charge in [-0.15, -0.1) is 0 Å². The number of hydrogen-bond donors (Lipinski definition) is 1. The van der Waals surface area contributed by atoms with Crippen molar-refractivity contribution in [1.29, 1.82) is 0 Å². The molecule has 1 N–H and O–H groups in total. The molecule has 0 spiro atoms. The molecule has 2 heteroatoms. The Morgan fingerprint density at radius 2 is 1.55 bits per heavy atom. The van der Waals surface area contributed by atoms with Crippen LogP contribution in [0.25, 0.3) is 0 Å². The summed E-state index contributed by atoms with van der Waals surface area (Å²) in [6.07, 6.45) is 0. The lowest BCUT2D eigenvalue weighted by Crippen LogP contribution is -2.09. The van der Waals surface area contributed by atoms with Crippen molar-refractivity contribution >= 4 is 11.4 Å². The fourth-order valence-electron chi connectivity index (χ4n) is 2.22. The molecule has 2 aromatic carbocycles. The van der Waals surface area contributed by atoms with Gasteiger partial charge in [0, 0.05) is 31.5 Å². The summed E-state index contributed by atoms with van der Waals surface area (Å²) in [7, 11) is 4.11. The van der Waals surface area contributed by atoms with Gasteiger partial charge in [-0.05, 0) is 61.7 Å². The number of nitrogens with one attached hydrogen (secondary N) is 1. The fourth-order valence-corrected chi connectivity index (χ4v) is 2.22. The second kappa shape index (κ2) is 6.00. The van der Waals surface area contributed by atoms with Gasteiger partial charge in [-0.1, -0.05) is 18.2 Å². The van der Waals surface area contributed by atoms with Gasteiger partial charge in [0.05, 0.1) is 0 Å². The van der Waals surface area contributed by atoms with Crippen molar-refractivity contribution in [2.24, 2.45) is 0 Å². The highest BCUT2D eigenvalue weighted by atomic mass is 15.1. The molecule has 0 amide bonds. The molecule has 1 unspecified atom stereocenters. The molecule has 0 aliphatic rings. The summed E-state index contributed by atoms with van der Waals surface area (Å²) in [6, 6.07) is 15.5. The summed E-state index contributed by atoms with van der Waals surface area (Å²) in [5.41, 5.74) is 6.39. The third-order valence-electron chi connectivity index (χ3n) is 3.80. The Bertz CT molecular complexity index is 570. The Hall–Kier alpha value is -1.96.